The van der Waals surface area contributed by atoms with Gasteiger partial charge < -0.3 is 14.6 Å². The van der Waals surface area contributed by atoms with Crippen molar-refractivity contribution < 1.29 is 24.2 Å². The third-order valence-corrected chi connectivity index (χ3v) is 12.3. The van der Waals surface area contributed by atoms with Gasteiger partial charge in [0.1, 0.15) is 6.61 Å². The summed E-state index contributed by atoms with van der Waals surface area (Å²) in [5.74, 6) is -0.638. The molecule has 0 aliphatic rings. The lowest BCUT2D eigenvalue weighted by Gasteiger charge is -2.15. The number of allylic oxidation sites excluding steroid dienone is 20. The van der Waals surface area contributed by atoms with Gasteiger partial charge in [-0.25, -0.2) is 0 Å². The van der Waals surface area contributed by atoms with Crippen LogP contribution in [0.25, 0.3) is 0 Å². The minimum Gasteiger partial charge on any atom is -0.462 e. The van der Waals surface area contributed by atoms with Crippen LogP contribution < -0.4 is 0 Å². The van der Waals surface area contributed by atoms with Gasteiger partial charge >= 0.3 is 11.9 Å². The van der Waals surface area contributed by atoms with E-state index in [1.54, 1.807) is 0 Å². The molecule has 0 aliphatic carbocycles. The molecule has 5 heteroatoms. The monoisotopic (exact) mass is 969 g/mol. The second-order valence-corrected chi connectivity index (χ2v) is 19.0. The molecular formula is C65H108O5. The summed E-state index contributed by atoms with van der Waals surface area (Å²) in [6.07, 6.45) is 87.7. The molecule has 0 bridgehead atoms. The number of carbonyl (C=O) groups excluding carboxylic acids is 2. The molecule has 1 N–H and O–H groups in total. The van der Waals surface area contributed by atoms with Gasteiger partial charge in [0.05, 0.1) is 6.61 Å². The maximum Gasteiger partial charge on any atom is 0.306 e. The summed E-state index contributed by atoms with van der Waals surface area (Å²) >= 11 is 0. The quantitative estimate of drug-likeness (QED) is 0.0374. The van der Waals surface area contributed by atoms with E-state index in [1.165, 1.54) is 128 Å². The first-order chi connectivity index (χ1) is 34.6. The Bertz CT molecular complexity index is 1420. The van der Waals surface area contributed by atoms with Crippen LogP contribution in [0.1, 0.15) is 258 Å². The summed E-state index contributed by atoms with van der Waals surface area (Å²) in [7, 11) is 0. The van der Waals surface area contributed by atoms with Crippen LogP contribution >= 0.6 is 0 Å². The van der Waals surface area contributed by atoms with E-state index in [-0.39, 0.29) is 25.2 Å². The molecule has 0 heterocycles. The van der Waals surface area contributed by atoms with Gasteiger partial charge in [0, 0.05) is 12.8 Å². The van der Waals surface area contributed by atoms with Crippen LogP contribution in [-0.4, -0.2) is 36.4 Å². The molecule has 0 aromatic heterocycles. The van der Waals surface area contributed by atoms with Crippen molar-refractivity contribution in [2.75, 3.05) is 13.2 Å². The van der Waals surface area contributed by atoms with Gasteiger partial charge in [-0.2, -0.15) is 0 Å². The summed E-state index contributed by atoms with van der Waals surface area (Å²) in [4.78, 5) is 24.4. The van der Waals surface area contributed by atoms with Gasteiger partial charge in [-0.05, 0) is 103 Å². The Morgan fingerprint density at radius 2 is 0.571 bits per heavy atom. The second kappa shape index (κ2) is 59.6. The smallest absolute Gasteiger partial charge is 0.306 e. The predicted molar refractivity (Wildman–Crippen MR) is 306 cm³/mol. The Labute approximate surface area is 433 Å². The predicted octanol–water partition coefficient (Wildman–Crippen LogP) is 19.9. The van der Waals surface area contributed by atoms with Crippen LogP contribution in [0.4, 0.5) is 0 Å². The second-order valence-electron chi connectivity index (χ2n) is 19.0. The fourth-order valence-corrected chi connectivity index (χ4v) is 7.96. The molecule has 398 valence electrons. The highest BCUT2D eigenvalue weighted by Crippen LogP contribution is 2.16. The molecule has 0 aromatic carbocycles. The lowest BCUT2D eigenvalue weighted by atomic mass is 10.0. The lowest BCUT2D eigenvalue weighted by molar-refractivity contribution is -0.161. The zero-order valence-electron chi connectivity index (χ0n) is 45.5. The van der Waals surface area contributed by atoms with E-state index in [9.17, 15) is 14.7 Å². The summed E-state index contributed by atoms with van der Waals surface area (Å²) in [6.45, 7) is 3.88. The average molecular weight is 970 g/mol. The van der Waals surface area contributed by atoms with Gasteiger partial charge in [0.2, 0.25) is 0 Å². The normalized spacial score (nSPS) is 13.1. The molecule has 0 saturated carbocycles. The Kier molecular flexibility index (Phi) is 56.5. The van der Waals surface area contributed by atoms with E-state index in [4.69, 9.17) is 9.47 Å². The molecule has 0 saturated heterocycles. The van der Waals surface area contributed by atoms with E-state index >= 15 is 0 Å². The van der Waals surface area contributed by atoms with E-state index in [1.807, 2.05) is 0 Å². The topological polar surface area (TPSA) is 72.8 Å². The number of hydrogen-bond donors (Lipinski definition) is 1. The van der Waals surface area contributed by atoms with Crippen molar-refractivity contribution >= 4 is 11.9 Å². The van der Waals surface area contributed by atoms with Crippen molar-refractivity contribution in [3.05, 3.63) is 122 Å². The number of aliphatic hydroxyl groups is 1. The minimum absolute atomic E-state index is 0.0903. The van der Waals surface area contributed by atoms with Gasteiger partial charge in [-0.15, -0.1) is 0 Å². The molecule has 0 aliphatic heterocycles. The first kappa shape index (κ1) is 66.3. The summed E-state index contributed by atoms with van der Waals surface area (Å²) in [5, 5.41) is 9.63. The molecule has 0 spiro atoms. The van der Waals surface area contributed by atoms with Crippen LogP contribution in [-0.2, 0) is 19.1 Å². The first-order valence-electron chi connectivity index (χ1n) is 29.1. The first-order valence-corrected chi connectivity index (χ1v) is 29.1. The number of ether oxygens (including phenoxy) is 2. The lowest BCUT2D eigenvalue weighted by Crippen LogP contribution is -2.28. The molecule has 5 nitrogen and oxygen atoms in total. The standard InChI is InChI=1S/C65H108O5/c1-3-5-7-9-11-13-15-17-19-20-21-22-23-24-25-26-27-28-29-30-31-32-33-34-35-36-37-38-39-40-41-42-43-44-46-48-50-52-54-56-58-60-65(68)70-63(61-66)62-69-64(67)59-57-55-53-51-49-47-45-18-16-14-12-10-8-6-4-2/h5-8,11-14,17-19,21-22,24-25,27-28,45,49,51,63,66H,3-4,9-10,15-16,20,23,26,29-44,46-48,50,52-62H2,1-2H3/b7-5-,8-6-,13-11-,14-12-,19-17-,22-21-,25-24-,28-27-,45-18-,51-49-. The average Bonchev–Trinajstić information content (AvgIpc) is 3.36. The van der Waals surface area contributed by atoms with Crippen LogP contribution in [0.3, 0.4) is 0 Å². The molecular weight excluding hydrogens is 861 g/mol. The number of unbranched alkanes of at least 4 members (excludes halogenated alkanes) is 24. The van der Waals surface area contributed by atoms with E-state index < -0.39 is 6.10 Å². The molecule has 1 atom stereocenters. The largest absolute Gasteiger partial charge is 0.462 e. The SMILES string of the molecule is CC/C=C\C/C=C\C/C=C\C/C=C\C/C=C\C/C=C\CCCCCCCCCCCCCCCCCCCCCCCCC(=O)OC(CO)COC(=O)CCCC/C=C\C/C=C\C/C=C\C/C=C\CC. The molecule has 0 radical (unpaired) electrons. The number of hydrogen-bond acceptors (Lipinski definition) is 5. The third kappa shape index (κ3) is 56.9. The van der Waals surface area contributed by atoms with E-state index in [2.05, 4.69) is 135 Å². The molecule has 0 amide bonds. The van der Waals surface area contributed by atoms with Crippen molar-refractivity contribution in [2.45, 2.75) is 264 Å². The van der Waals surface area contributed by atoms with Gasteiger partial charge in [0.15, 0.2) is 6.10 Å². The summed E-state index contributed by atoms with van der Waals surface area (Å²) < 4.78 is 10.6. The highest BCUT2D eigenvalue weighted by molar-refractivity contribution is 5.70. The van der Waals surface area contributed by atoms with Crippen molar-refractivity contribution in [3.8, 4) is 0 Å². The third-order valence-electron chi connectivity index (χ3n) is 12.3. The number of aliphatic hydroxyl groups excluding tert-OH is 1. The van der Waals surface area contributed by atoms with Crippen molar-refractivity contribution in [1.82, 2.24) is 0 Å². The Balaban J connectivity index is 3.46. The van der Waals surface area contributed by atoms with Crippen LogP contribution in [0.15, 0.2) is 122 Å². The fraction of sp³-hybridized carbons (Fsp3) is 0.662. The van der Waals surface area contributed by atoms with Gasteiger partial charge in [0.25, 0.3) is 0 Å². The van der Waals surface area contributed by atoms with Crippen molar-refractivity contribution in [1.29, 1.82) is 0 Å². The zero-order chi connectivity index (χ0) is 50.6. The Morgan fingerprint density at radius 3 is 0.886 bits per heavy atom. The maximum absolute atomic E-state index is 12.3. The van der Waals surface area contributed by atoms with Crippen LogP contribution in [0.5, 0.6) is 0 Å². The molecule has 0 fully saturated rings. The highest BCUT2D eigenvalue weighted by atomic mass is 16.6. The van der Waals surface area contributed by atoms with Gasteiger partial charge in [-0.1, -0.05) is 264 Å². The molecule has 1 unspecified atom stereocenters. The minimum atomic E-state index is -0.793. The summed E-state index contributed by atoms with van der Waals surface area (Å²) in [5.41, 5.74) is 0. The van der Waals surface area contributed by atoms with Crippen molar-refractivity contribution in [3.63, 3.8) is 0 Å². The highest BCUT2D eigenvalue weighted by Gasteiger charge is 2.16. The number of rotatable bonds is 52. The molecule has 70 heavy (non-hydrogen) atoms. The number of carbonyl (C=O) groups is 2. The molecule has 0 aromatic rings. The van der Waals surface area contributed by atoms with Crippen LogP contribution in [0.2, 0.25) is 0 Å². The fourth-order valence-electron chi connectivity index (χ4n) is 7.96. The van der Waals surface area contributed by atoms with Crippen LogP contribution in [0, 0.1) is 0 Å². The molecule has 0 rings (SSSR count). The maximum atomic E-state index is 12.3. The number of esters is 2. The van der Waals surface area contributed by atoms with E-state index in [0.717, 1.165) is 103 Å². The van der Waals surface area contributed by atoms with Crippen molar-refractivity contribution in [2.24, 2.45) is 0 Å². The van der Waals surface area contributed by atoms with E-state index in [0.29, 0.717) is 12.8 Å². The zero-order valence-corrected chi connectivity index (χ0v) is 45.5. The summed E-state index contributed by atoms with van der Waals surface area (Å²) in [6, 6.07) is 0. The Hall–Kier alpha value is -3.70. The van der Waals surface area contributed by atoms with Gasteiger partial charge in [-0.3, -0.25) is 9.59 Å². The Morgan fingerprint density at radius 1 is 0.329 bits per heavy atom.